The van der Waals surface area contributed by atoms with Gasteiger partial charge in [0.2, 0.25) is 5.91 Å². The van der Waals surface area contributed by atoms with E-state index in [9.17, 15) is 4.79 Å². The monoisotopic (exact) mass is 503 g/mol. The number of amides is 1. The Morgan fingerprint density at radius 2 is 2.11 bits per heavy atom. The summed E-state index contributed by atoms with van der Waals surface area (Å²) in [5, 5.41) is 5.25. The van der Waals surface area contributed by atoms with Gasteiger partial charge in [-0.2, -0.15) is 5.10 Å². The fraction of sp³-hybridized carbons (Fsp3) is 0.357. The summed E-state index contributed by atoms with van der Waals surface area (Å²) in [6.45, 7) is 10.9. The number of aromatic nitrogens is 4. The molecule has 4 rings (SSSR count). The Balaban J connectivity index is 1.64. The first-order valence-electron chi connectivity index (χ1n) is 12.2. The molecule has 1 aliphatic rings. The molecule has 7 nitrogen and oxygen atoms in total. The van der Waals surface area contributed by atoms with Crippen LogP contribution in [-0.4, -0.2) is 51.3 Å². The average molecular weight is 504 g/mol. The van der Waals surface area contributed by atoms with E-state index in [1.165, 1.54) is 4.88 Å². The van der Waals surface area contributed by atoms with E-state index in [0.717, 1.165) is 57.4 Å². The summed E-state index contributed by atoms with van der Waals surface area (Å²) in [6, 6.07) is 6.48. The lowest BCUT2D eigenvalue weighted by atomic mass is 9.99. The average Bonchev–Trinajstić information content (AvgIpc) is 3.46. The largest absolute Gasteiger partial charge is 0.492 e. The number of hydrogen-bond donors (Lipinski definition) is 0. The molecule has 1 aliphatic heterocycles. The van der Waals surface area contributed by atoms with Gasteiger partial charge in [-0.25, -0.2) is 14.6 Å². The van der Waals surface area contributed by atoms with Crippen LogP contribution in [0.5, 0.6) is 5.75 Å². The van der Waals surface area contributed by atoms with Crippen LogP contribution >= 0.6 is 11.3 Å². The van der Waals surface area contributed by atoms with Crippen molar-refractivity contribution in [3.8, 4) is 27.8 Å². The molecule has 0 radical (unpaired) electrons. The summed E-state index contributed by atoms with van der Waals surface area (Å²) in [6.07, 6.45) is 9.69. The summed E-state index contributed by atoms with van der Waals surface area (Å²) in [5.74, 6) is 1.66. The van der Waals surface area contributed by atoms with Gasteiger partial charge >= 0.3 is 0 Å². The Bertz CT molecular complexity index is 1330. The summed E-state index contributed by atoms with van der Waals surface area (Å²) < 4.78 is 8.08. The number of fused-ring (bicyclic) bond motifs is 3. The molecule has 1 aromatic carbocycles. The lowest BCUT2D eigenvalue weighted by Crippen LogP contribution is -2.21. The summed E-state index contributed by atoms with van der Waals surface area (Å²) in [4.78, 5) is 24.2. The molecule has 2 aromatic heterocycles. The van der Waals surface area contributed by atoms with E-state index < -0.39 is 0 Å². The van der Waals surface area contributed by atoms with Gasteiger partial charge in [0, 0.05) is 37.0 Å². The first-order chi connectivity index (χ1) is 17.3. The minimum absolute atomic E-state index is 0.0363. The molecule has 8 heteroatoms. The highest BCUT2D eigenvalue weighted by Gasteiger charge is 2.23. The maximum atomic E-state index is 12.0. The first-order valence-corrected chi connectivity index (χ1v) is 13.0. The number of hydrogen-bond acceptors (Lipinski definition) is 6. The number of ether oxygens (including phenoxy) is 1. The molecule has 0 aliphatic carbocycles. The van der Waals surface area contributed by atoms with Gasteiger partial charge in [0.1, 0.15) is 12.1 Å². The van der Waals surface area contributed by atoms with E-state index >= 15 is 0 Å². The first kappa shape index (κ1) is 25.6. The highest BCUT2D eigenvalue weighted by molar-refractivity contribution is 7.15. The van der Waals surface area contributed by atoms with Gasteiger partial charge in [-0.1, -0.05) is 37.8 Å². The molecule has 0 saturated heterocycles. The molecule has 3 heterocycles. The zero-order chi connectivity index (χ0) is 25.8. The van der Waals surface area contributed by atoms with Crippen LogP contribution in [0.2, 0.25) is 0 Å². The number of benzene rings is 1. The molecule has 0 N–H and O–H groups in total. The van der Waals surface area contributed by atoms with Crippen LogP contribution in [0.3, 0.4) is 0 Å². The third kappa shape index (κ3) is 5.49. The van der Waals surface area contributed by atoms with E-state index in [-0.39, 0.29) is 11.9 Å². The lowest BCUT2D eigenvalue weighted by Gasteiger charge is -2.12. The van der Waals surface area contributed by atoms with Crippen molar-refractivity contribution in [3.63, 3.8) is 0 Å². The van der Waals surface area contributed by atoms with E-state index in [1.807, 2.05) is 16.8 Å². The third-order valence-corrected chi connectivity index (χ3v) is 7.02. The Hall–Kier alpha value is -3.52. The molecule has 0 unspecified atom stereocenters. The molecule has 0 spiro atoms. The van der Waals surface area contributed by atoms with Crippen molar-refractivity contribution in [1.29, 1.82) is 0 Å². The fourth-order valence-electron chi connectivity index (χ4n) is 4.00. The predicted molar refractivity (Wildman–Crippen MR) is 146 cm³/mol. The van der Waals surface area contributed by atoms with Crippen molar-refractivity contribution in [2.75, 3.05) is 20.7 Å². The van der Waals surface area contributed by atoms with Crippen molar-refractivity contribution < 1.29 is 9.53 Å². The molecule has 0 bridgehead atoms. The second-order valence-electron chi connectivity index (χ2n) is 9.25. The topological polar surface area (TPSA) is 73.1 Å². The number of carbonyl (C=O) groups is 1. The number of allylic oxidation sites excluding steroid dienone is 4. The quantitative estimate of drug-likeness (QED) is 0.354. The number of carbonyl (C=O) groups excluding carboxylic acids is 1. The number of thiazole rings is 1. The van der Waals surface area contributed by atoms with E-state index in [0.29, 0.717) is 13.0 Å². The van der Waals surface area contributed by atoms with Gasteiger partial charge in [-0.3, -0.25) is 4.79 Å². The molecule has 0 atom stereocenters. The summed E-state index contributed by atoms with van der Waals surface area (Å²) >= 11 is 1.66. The van der Waals surface area contributed by atoms with Gasteiger partial charge in [0.05, 0.1) is 18.7 Å². The molecular formula is C28H33N5O2S. The number of nitrogens with zero attached hydrogens (tertiary/aromatic N) is 5. The molecule has 1 amide bonds. The van der Waals surface area contributed by atoms with Crippen LogP contribution in [0.25, 0.3) is 27.7 Å². The zero-order valence-electron chi connectivity index (χ0n) is 21.6. The fourth-order valence-corrected chi connectivity index (χ4v) is 5.05. The van der Waals surface area contributed by atoms with Crippen molar-refractivity contribution in [2.24, 2.45) is 0 Å². The third-order valence-electron chi connectivity index (χ3n) is 5.91. The van der Waals surface area contributed by atoms with Gasteiger partial charge < -0.3 is 9.64 Å². The van der Waals surface area contributed by atoms with Crippen LogP contribution in [0.15, 0.2) is 54.9 Å². The van der Waals surface area contributed by atoms with Crippen molar-refractivity contribution in [2.45, 2.75) is 46.1 Å². The minimum Gasteiger partial charge on any atom is -0.492 e. The molecule has 0 saturated carbocycles. The second kappa shape index (κ2) is 11.0. The molecular weight excluding hydrogens is 470 g/mol. The van der Waals surface area contributed by atoms with Crippen LogP contribution in [0, 0.1) is 0 Å². The summed E-state index contributed by atoms with van der Waals surface area (Å²) in [5.41, 5.74) is 4.84. The maximum Gasteiger partial charge on any atom is 0.226 e. The van der Waals surface area contributed by atoms with Crippen LogP contribution in [0.1, 0.15) is 50.1 Å². The smallest absolute Gasteiger partial charge is 0.226 e. The highest BCUT2D eigenvalue weighted by Crippen LogP contribution is 2.41. The van der Waals surface area contributed by atoms with E-state index in [1.54, 1.807) is 36.7 Å². The molecule has 3 aromatic rings. The van der Waals surface area contributed by atoms with E-state index in [4.69, 9.17) is 9.72 Å². The Morgan fingerprint density at radius 1 is 1.31 bits per heavy atom. The van der Waals surface area contributed by atoms with Crippen LogP contribution in [-0.2, 0) is 11.2 Å². The standard InChI is InChI=1S/C28H33N5O2S/c1-7-8-20(10-9-19(4)15-25(34)32(5)6)21-11-12-22-23(16-21)35-14-13-24-26(22)31-28(36-24)27-29-17-30-33(27)18(2)3/h8-12,16-18H,4,7,13-15H2,1-3,5-6H3/b10-9-,20-8+. The Labute approximate surface area is 216 Å². The van der Waals surface area contributed by atoms with Crippen molar-refractivity contribution in [1.82, 2.24) is 24.6 Å². The second-order valence-corrected chi connectivity index (χ2v) is 10.3. The lowest BCUT2D eigenvalue weighted by molar-refractivity contribution is -0.127. The highest BCUT2D eigenvalue weighted by atomic mass is 32.1. The molecule has 0 fully saturated rings. The molecule has 188 valence electrons. The van der Waals surface area contributed by atoms with E-state index in [2.05, 4.69) is 61.7 Å². The van der Waals surface area contributed by atoms with Crippen LogP contribution < -0.4 is 4.74 Å². The maximum absolute atomic E-state index is 12.0. The molecule has 36 heavy (non-hydrogen) atoms. The normalized spacial score (nSPS) is 13.3. The summed E-state index contributed by atoms with van der Waals surface area (Å²) in [7, 11) is 3.51. The number of rotatable bonds is 8. The predicted octanol–water partition coefficient (Wildman–Crippen LogP) is 5.97. The van der Waals surface area contributed by atoms with Gasteiger partial charge in [-0.05, 0) is 49.1 Å². The zero-order valence-corrected chi connectivity index (χ0v) is 22.4. The SMILES string of the molecule is C=C(/C=C\C(=C/CC)c1ccc2c(c1)OCCc1sc(-c3ncnn3C(C)C)nc1-2)CC(=O)N(C)C. The van der Waals surface area contributed by atoms with Crippen molar-refractivity contribution >= 4 is 22.8 Å². The minimum atomic E-state index is 0.0363. The van der Waals surface area contributed by atoms with Crippen LogP contribution in [0.4, 0.5) is 0 Å². The Kier molecular flexibility index (Phi) is 7.84. The van der Waals surface area contributed by atoms with Gasteiger partial charge in [-0.15, -0.1) is 11.3 Å². The van der Waals surface area contributed by atoms with Crippen molar-refractivity contribution in [3.05, 3.63) is 65.3 Å². The Morgan fingerprint density at radius 3 is 2.83 bits per heavy atom. The van der Waals surface area contributed by atoms with Gasteiger partial charge in [0.15, 0.2) is 10.8 Å². The van der Waals surface area contributed by atoms with Gasteiger partial charge in [0.25, 0.3) is 0 Å².